The van der Waals surface area contributed by atoms with Gasteiger partial charge < -0.3 is 5.11 Å². The second-order valence-corrected chi connectivity index (χ2v) is 6.80. The summed E-state index contributed by atoms with van der Waals surface area (Å²) in [6.45, 7) is 1.84. The van der Waals surface area contributed by atoms with Crippen molar-refractivity contribution in [3.8, 4) is 0 Å². The fraction of sp³-hybridized carbons (Fsp3) is 0.500. The van der Waals surface area contributed by atoms with Crippen molar-refractivity contribution in [2.75, 3.05) is 0 Å². The first-order valence-electron chi connectivity index (χ1n) is 6.96. The number of benzene rings is 1. The fourth-order valence-corrected chi connectivity index (χ4v) is 3.14. The molecule has 23 heavy (non-hydrogen) atoms. The lowest BCUT2D eigenvalue weighted by molar-refractivity contribution is -0.139. The maximum absolute atomic E-state index is 12.3. The summed E-state index contributed by atoms with van der Waals surface area (Å²) in [5.41, 5.74) is -0.0720. The second kappa shape index (κ2) is 7.78. The van der Waals surface area contributed by atoms with Crippen LogP contribution in [0.15, 0.2) is 29.2 Å². The van der Waals surface area contributed by atoms with Crippen LogP contribution < -0.4 is 4.72 Å². The number of carboxylic acids is 1. The standard InChI is InChI=1S/C14H18F3NO4S/c1-2-3-4-12(13(19)20)18-23(21,22)11-7-5-10(6-8-11)9-14(15,16)17/h5-8,12,18H,2-4,9H2,1H3,(H,19,20)/t12-/m0/s1. The number of unbranched alkanes of at least 4 members (excludes halogenated alkanes) is 1. The van der Waals surface area contributed by atoms with Crippen LogP contribution in [0, 0.1) is 0 Å². The van der Waals surface area contributed by atoms with Crippen LogP contribution in [0.1, 0.15) is 31.7 Å². The van der Waals surface area contributed by atoms with Crippen molar-refractivity contribution in [1.82, 2.24) is 4.72 Å². The molecule has 0 aliphatic heterocycles. The molecule has 2 N–H and O–H groups in total. The minimum atomic E-state index is -4.38. The van der Waals surface area contributed by atoms with Crippen molar-refractivity contribution in [3.63, 3.8) is 0 Å². The zero-order chi connectivity index (χ0) is 17.7. The first-order valence-corrected chi connectivity index (χ1v) is 8.44. The van der Waals surface area contributed by atoms with E-state index < -0.39 is 34.6 Å². The first-order chi connectivity index (χ1) is 10.5. The van der Waals surface area contributed by atoms with Gasteiger partial charge >= 0.3 is 12.1 Å². The van der Waals surface area contributed by atoms with Crippen LogP contribution >= 0.6 is 0 Å². The summed E-state index contributed by atoms with van der Waals surface area (Å²) in [5, 5.41) is 9.03. The van der Waals surface area contributed by atoms with Gasteiger partial charge in [0, 0.05) is 0 Å². The van der Waals surface area contributed by atoms with Gasteiger partial charge in [-0.05, 0) is 24.1 Å². The Bertz CT molecular complexity index is 626. The van der Waals surface area contributed by atoms with Crippen LogP contribution in [0.3, 0.4) is 0 Å². The lowest BCUT2D eigenvalue weighted by atomic mass is 10.1. The topological polar surface area (TPSA) is 83.5 Å². The molecule has 5 nitrogen and oxygen atoms in total. The number of sulfonamides is 1. The number of rotatable bonds is 8. The highest BCUT2D eigenvalue weighted by Crippen LogP contribution is 2.22. The van der Waals surface area contributed by atoms with Gasteiger partial charge in [-0.2, -0.15) is 17.9 Å². The monoisotopic (exact) mass is 353 g/mol. The number of hydrogen-bond acceptors (Lipinski definition) is 3. The highest BCUT2D eigenvalue weighted by molar-refractivity contribution is 7.89. The van der Waals surface area contributed by atoms with E-state index in [0.717, 1.165) is 24.3 Å². The molecule has 0 heterocycles. The van der Waals surface area contributed by atoms with Crippen molar-refractivity contribution in [3.05, 3.63) is 29.8 Å². The Labute approximate surface area is 132 Å². The Morgan fingerprint density at radius 1 is 1.26 bits per heavy atom. The summed E-state index contributed by atoms with van der Waals surface area (Å²) >= 11 is 0. The predicted molar refractivity (Wildman–Crippen MR) is 77.5 cm³/mol. The Hall–Kier alpha value is -1.61. The van der Waals surface area contributed by atoms with Crippen molar-refractivity contribution in [2.24, 2.45) is 0 Å². The Balaban J connectivity index is 2.88. The number of nitrogens with one attached hydrogen (secondary N) is 1. The Morgan fingerprint density at radius 3 is 2.26 bits per heavy atom. The molecule has 0 saturated heterocycles. The number of alkyl halides is 3. The molecular weight excluding hydrogens is 335 g/mol. The van der Waals surface area contributed by atoms with Crippen LogP contribution in [0.25, 0.3) is 0 Å². The summed E-state index contributed by atoms with van der Waals surface area (Å²) in [7, 11) is -4.11. The Morgan fingerprint density at radius 2 is 1.83 bits per heavy atom. The van der Waals surface area contributed by atoms with Crippen LogP contribution in [-0.4, -0.2) is 31.7 Å². The average Bonchev–Trinajstić information content (AvgIpc) is 2.42. The molecule has 0 amide bonds. The lowest BCUT2D eigenvalue weighted by Crippen LogP contribution is -2.40. The first kappa shape index (κ1) is 19.4. The van der Waals surface area contributed by atoms with Crippen LogP contribution in [-0.2, 0) is 21.2 Å². The maximum Gasteiger partial charge on any atom is 0.393 e. The minimum Gasteiger partial charge on any atom is -0.480 e. The van der Waals surface area contributed by atoms with E-state index in [1.54, 1.807) is 0 Å². The normalized spacial score (nSPS) is 13.7. The van der Waals surface area contributed by atoms with E-state index in [2.05, 4.69) is 4.72 Å². The predicted octanol–water partition coefficient (Wildman–Crippen LogP) is 2.71. The van der Waals surface area contributed by atoms with Gasteiger partial charge in [0.25, 0.3) is 0 Å². The van der Waals surface area contributed by atoms with Crippen molar-refractivity contribution in [1.29, 1.82) is 0 Å². The molecule has 1 atom stereocenters. The fourth-order valence-electron chi connectivity index (χ4n) is 1.91. The molecule has 1 aromatic rings. The zero-order valence-electron chi connectivity index (χ0n) is 12.4. The van der Waals surface area contributed by atoms with Gasteiger partial charge in [-0.15, -0.1) is 0 Å². The van der Waals surface area contributed by atoms with Gasteiger partial charge in [-0.1, -0.05) is 31.9 Å². The molecule has 0 saturated carbocycles. The van der Waals surface area contributed by atoms with E-state index in [-0.39, 0.29) is 16.9 Å². The molecule has 0 spiro atoms. The highest BCUT2D eigenvalue weighted by Gasteiger charge is 2.28. The molecule has 1 aromatic carbocycles. The summed E-state index contributed by atoms with van der Waals surface area (Å²) < 4.78 is 63.1. The quantitative estimate of drug-likeness (QED) is 0.753. The van der Waals surface area contributed by atoms with E-state index in [0.29, 0.717) is 12.8 Å². The van der Waals surface area contributed by atoms with E-state index in [1.165, 1.54) is 0 Å². The molecule has 0 aliphatic rings. The van der Waals surface area contributed by atoms with Gasteiger partial charge in [0.15, 0.2) is 0 Å². The molecule has 1 rings (SSSR count). The van der Waals surface area contributed by atoms with Gasteiger partial charge in [0.05, 0.1) is 11.3 Å². The molecule has 0 radical (unpaired) electrons. The van der Waals surface area contributed by atoms with Crippen molar-refractivity contribution >= 4 is 16.0 Å². The van der Waals surface area contributed by atoms with E-state index in [1.807, 2.05) is 6.92 Å². The molecular formula is C14H18F3NO4S. The number of aliphatic carboxylic acids is 1. The maximum atomic E-state index is 12.3. The molecule has 9 heteroatoms. The SMILES string of the molecule is CCCC[C@H](NS(=O)(=O)c1ccc(CC(F)(F)F)cc1)C(=O)O. The molecule has 0 aromatic heterocycles. The van der Waals surface area contributed by atoms with Gasteiger partial charge in [-0.25, -0.2) is 8.42 Å². The van der Waals surface area contributed by atoms with Crippen LogP contribution in [0.5, 0.6) is 0 Å². The van der Waals surface area contributed by atoms with Crippen LogP contribution in [0.2, 0.25) is 0 Å². The minimum absolute atomic E-state index is 0.0720. The van der Waals surface area contributed by atoms with E-state index >= 15 is 0 Å². The number of carbonyl (C=O) groups is 1. The van der Waals surface area contributed by atoms with Crippen molar-refractivity contribution in [2.45, 2.75) is 49.7 Å². The van der Waals surface area contributed by atoms with Crippen molar-refractivity contribution < 1.29 is 31.5 Å². The molecule has 0 aliphatic carbocycles. The number of hydrogen-bond donors (Lipinski definition) is 2. The van der Waals surface area contributed by atoms with Gasteiger partial charge in [0.1, 0.15) is 6.04 Å². The molecule has 130 valence electrons. The van der Waals surface area contributed by atoms with E-state index in [9.17, 15) is 26.4 Å². The summed E-state index contributed by atoms with van der Waals surface area (Å²) in [4.78, 5) is 10.8. The largest absolute Gasteiger partial charge is 0.480 e. The van der Waals surface area contributed by atoms with E-state index in [4.69, 9.17) is 5.11 Å². The van der Waals surface area contributed by atoms with Crippen LogP contribution in [0.4, 0.5) is 13.2 Å². The third-order valence-electron chi connectivity index (χ3n) is 3.08. The molecule has 0 fully saturated rings. The summed E-state index contributed by atoms with van der Waals surface area (Å²) in [6.07, 6.45) is -4.17. The number of carboxylic acid groups (broad SMARTS) is 1. The molecule has 0 bridgehead atoms. The number of halogens is 3. The third-order valence-corrected chi connectivity index (χ3v) is 4.57. The summed E-state index contributed by atoms with van der Waals surface area (Å²) in [5.74, 6) is -1.30. The average molecular weight is 353 g/mol. The second-order valence-electron chi connectivity index (χ2n) is 5.09. The smallest absolute Gasteiger partial charge is 0.393 e. The molecule has 0 unspecified atom stereocenters. The Kier molecular flexibility index (Phi) is 6.57. The van der Waals surface area contributed by atoms with Gasteiger partial charge in [0.2, 0.25) is 10.0 Å². The third kappa shape index (κ3) is 6.57. The highest BCUT2D eigenvalue weighted by atomic mass is 32.2. The van der Waals surface area contributed by atoms with Gasteiger partial charge in [-0.3, -0.25) is 4.79 Å². The lowest BCUT2D eigenvalue weighted by Gasteiger charge is -2.14. The zero-order valence-corrected chi connectivity index (χ0v) is 13.2. The summed E-state index contributed by atoms with van der Waals surface area (Å²) in [6, 6.07) is 2.91.